The van der Waals surface area contributed by atoms with Gasteiger partial charge in [0.1, 0.15) is 0 Å². The minimum atomic E-state index is 0.0148. The highest BCUT2D eigenvalue weighted by molar-refractivity contribution is 6.30. The molecule has 178 valence electrons. The van der Waals surface area contributed by atoms with Crippen LogP contribution in [0.4, 0.5) is 0 Å². The fraction of sp³-hybridized carbons (Fsp3) is 0.571. The molecule has 0 spiro atoms. The standard InChI is InChI=1S/C28H42ClNO2/c1-2-3-4-5-6-7-8-9-10-11-12-13-14-15-16-17-18-24-23-27(31)30(28(24)32)26-21-19-25(29)20-22-26/h17-23,31-32H,2-16H2,1H3. The number of allylic oxidation sites excluding steroid dienone is 1. The largest absolute Gasteiger partial charge is 0.494 e. The molecule has 2 rings (SSSR count). The monoisotopic (exact) mass is 459 g/mol. The van der Waals surface area contributed by atoms with Crippen molar-refractivity contribution in [2.45, 2.75) is 103 Å². The van der Waals surface area contributed by atoms with Gasteiger partial charge in [0.05, 0.1) is 5.69 Å². The van der Waals surface area contributed by atoms with E-state index in [1.165, 1.54) is 94.5 Å². The van der Waals surface area contributed by atoms with E-state index in [0.29, 0.717) is 16.3 Å². The second kappa shape index (κ2) is 15.9. The molecule has 0 bridgehead atoms. The Morgan fingerprint density at radius 2 is 1.25 bits per heavy atom. The molecular formula is C28H42ClNO2. The van der Waals surface area contributed by atoms with Gasteiger partial charge in [-0.05, 0) is 37.1 Å². The first kappa shape index (κ1) is 26.4. The maximum Gasteiger partial charge on any atom is 0.206 e. The van der Waals surface area contributed by atoms with Crippen LogP contribution < -0.4 is 0 Å². The summed E-state index contributed by atoms with van der Waals surface area (Å²) in [7, 11) is 0. The van der Waals surface area contributed by atoms with Crippen LogP contribution in [0, 0.1) is 0 Å². The molecule has 4 heteroatoms. The van der Waals surface area contributed by atoms with Gasteiger partial charge in [-0.1, -0.05) is 114 Å². The van der Waals surface area contributed by atoms with Crippen molar-refractivity contribution >= 4 is 17.7 Å². The van der Waals surface area contributed by atoms with Gasteiger partial charge in [0.15, 0.2) is 5.88 Å². The number of aromatic hydroxyl groups is 2. The van der Waals surface area contributed by atoms with Gasteiger partial charge in [-0.2, -0.15) is 0 Å². The smallest absolute Gasteiger partial charge is 0.206 e. The molecule has 0 aliphatic heterocycles. The summed E-state index contributed by atoms with van der Waals surface area (Å²) in [5, 5.41) is 21.3. The highest BCUT2D eigenvalue weighted by atomic mass is 35.5. The van der Waals surface area contributed by atoms with Crippen LogP contribution in [-0.2, 0) is 0 Å². The van der Waals surface area contributed by atoms with E-state index in [2.05, 4.69) is 13.0 Å². The minimum Gasteiger partial charge on any atom is -0.494 e. The predicted octanol–water partition coefficient (Wildman–Crippen LogP) is 9.43. The molecule has 0 amide bonds. The number of unbranched alkanes of at least 4 members (excludes halogenated alkanes) is 14. The van der Waals surface area contributed by atoms with E-state index < -0.39 is 0 Å². The normalized spacial score (nSPS) is 11.6. The third-order valence-corrected chi connectivity index (χ3v) is 6.34. The lowest BCUT2D eigenvalue weighted by molar-refractivity contribution is 0.402. The Labute approximate surface area is 200 Å². The average Bonchev–Trinajstić information content (AvgIpc) is 3.07. The van der Waals surface area contributed by atoms with Gasteiger partial charge in [0, 0.05) is 16.7 Å². The molecule has 2 aromatic rings. The zero-order valence-corrected chi connectivity index (χ0v) is 20.6. The molecule has 1 aromatic heterocycles. The van der Waals surface area contributed by atoms with Gasteiger partial charge in [-0.3, -0.25) is 4.57 Å². The Balaban J connectivity index is 1.53. The summed E-state index contributed by atoms with van der Waals surface area (Å²) in [6, 6.07) is 8.60. The number of hydrogen-bond donors (Lipinski definition) is 2. The van der Waals surface area contributed by atoms with Gasteiger partial charge >= 0.3 is 0 Å². The zero-order chi connectivity index (χ0) is 23.0. The molecule has 32 heavy (non-hydrogen) atoms. The van der Waals surface area contributed by atoms with Crippen molar-refractivity contribution in [1.82, 2.24) is 4.57 Å². The van der Waals surface area contributed by atoms with Crippen molar-refractivity contribution in [2.24, 2.45) is 0 Å². The lowest BCUT2D eigenvalue weighted by Gasteiger charge is -2.06. The van der Waals surface area contributed by atoms with E-state index in [4.69, 9.17) is 11.6 Å². The molecule has 0 unspecified atom stereocenters. The van der Waals surface area contributed by atoms with Crippen LogP contribution in [0.1, 0.15) is 109 Å². The van der Waals surface area contributed by atoms with Gasteiger partial charge in [-0.15, -0.1) is 0 Å². The first-order valence-corrected chi connectivity index (χ1v) is 13.1. The highest BCUT2D eigenvalue weighted by Crippen LogP contribution is 2.33. The molecule has 0 saturated heterocycles. The molecule has 1 heterocycles. The topological polar surface area (TPSA) is 45.4 Å². The van der Waals surface area contributed by atoms with Gasteiger partial charge < -0.3 is 10.2 Å². The first-order chi connectivity index (χ1) is 15.6. The fourth-order valence-electron chi connectivity index (χ4n) is 4.14. The first-order valence-electron chi connectivity index (χ1n) is 12.7. The SMILES string of the molecule is CCCCCCCCCCCCCCCCC=Cc1cc(O)n(-c2ccc(Cl)cc2)c1O. The molecule has 1 aromatic carbocycles. The van der Waals surface area contributed by atoms with Crippen molar-refractivity contribution in [3.05, 3.63) is 47.0 Å². The summed E-state index contributed by atoms with van der Waals surface area (Å²) < 4.78 is 1.42. The maximum absolute atomic E-state index is 10.5. The predicted molar refractivity (Wildman–Crippen MR) is 138 cm³/mol. The molecule has 0 aliphatic rings. The van der Waals surface area contributed by atoms with Crippen LogP contribution in [0.2, 0.25) is 5.02 Å². The number of benzene rings is 1. The summed E-state index contributed by atoms with van der Waals surface area (Å²) in [5.74, 6) is 0.0583. The molecule has 2 N–H and O–H groups in total. The number of rotatable bonds is 17. The second-order valence-electron chi connectivity index (χ2n) is 8.88. The zero-order valence-electron chi connectivity index (χ0n) is 19.9. The van der Waals surface area contributed by atoms with Crippen LogP contribution >= 0.6 is 11.6 Å². The van der Waals surface area contributed by atoms with E-state index in [0.717, 1.165) is 6.42 Å². The van der Waals surface area contributed by atoms with Crippen LogP contribution in [-0.4, -0.2) is 14.8 Å². The van der Waals surface area contributed by atoms with Crippen LogP contribution in [0.15, 0.2) is 36.4 Å². The van der Waals surface area contributed by atoms with Crippen molar-refractivity contribution in [3.8, 4) is 17.4 Å². The molecule has 0 saturated carbocycles. The van der Waals surface area contributed by atoms with Crippen molar-refractivity contribution in [1.29, 1.82) is 0 Å². The van der Waals surface area contributed by atoms with Crippen molar-refractivity contribution in [3.63, 3.8) is 0 Å². The van der Waals surface area contributed by atoms with Crippen LogP contribution in [0.5, 0.6) is 11.8 Å². The van der Waals surface area contributed by atoms with Gasteiger partial charge in [0.2, 0.25) is 5.88 Å². The number of nitrogens with zero attached hydrogens (tertiary/aromatic N) is 1. The molecule has 0 fully saturated rings. The number of aromatic nitrogens is 1. The lowest BCUT2D eigenvalue weighted by atomic mass is 10.0. The highest BCUT2D eigenvalue weighted by Gasteiger charge is 2.13. The third-order valence-electron chi connectivity index (χ3n) is 6.09. The molecular weight excluding hydrogens is 418 g/mol. The van der Waals surface area contributed by atoms with Crippen molar-refractivity contribution in [2.75, 3.05) is 0 Å². The van der Waals surface area contributed by atoms with Crippen LogP contribution in [0.3, 0.4) is 0 Å². The number of halogens is 1. The van der Waals surface area contributed by atoms with Crippen molar-refractivity contribution < 1.29 is 10.2 Å². The molecule has 0 radical (unpaired) electrons. The lowest BCUT2D eigenvalue weighted by Crippen LogP contribution is -1.92. The Bertz CT molecular complexity index is 779. The third kappa shape index (κ3) is 9.73. The minimum absolute atomic E-state index is 0.0148. The van der Waals surface area contributed by atoms with E-state index in [9.17, 15) is 10.2 Å². The van der Waals surface area contributed by atoms with E-state index in [-0.39, 0.29) is 11.8 Å². The summed E-state index contributed by atoms with van der Waals surface area (Å²) in [5.41, 5.74) is 1.30. The summed E-state index contributed by atoms with van der Waals surface area (Å²) >= 11 is 5.92. The fourth-order valence-corrected chi connectivity index (χ4v) is 4.27. The van der Waals surface area contributed by atoms with Crippen LogP contribution in [0.25, 0.3) is 11.8 Å². The Morgan fingerprint density at radius 1 is 0.750 bits per heavy atom. The molecule has 3 nitrogen and oxygen atoms in total. The summed E-state index contributed by atoms with van der Waals surface area (Å²) in [4.78, 5) is 0. The Hall–Kier alpha value is -1.87. The van der Waals surface area contributed by atoms with E-state index in [1.807, 2.05) is 6.08 Å². The van der Waals surface area contributed by atoms with E-state index >= 15 is 0 Å². The average molecular weight is 460 g/mol. The Morgan fingerprint density at radius 3 is 1.78 bits per heavy atom. The maximum atomic E-state index is 10.5. The van der Waals surface area contributed by atoms with Gasteiger partial charge in [0.25, 0.3) is 0 Å². The quantitative estimate of drug-likeness (QED) is 0.231. The van der Waals surface area contributed by atoms with Gasteiger partial charge in [-0.25, -0.2) is 0 Å². The second-order valence-corrected chi connectivity index (χ2v) is 9.32. The summed E-state index contributed by atoms with van der Waals surface area (Å²) in [6.45, 7) is 2.28. The van der Waals surface area contributed by atoms with E-state index in [1.54, 1.807) is 30.3 Å². The number of hydrogen-bond acceptors (Lipinski definition) is 2. The molecule has 0 aliphatic carbocycles. The molecule has 0 atom stereocenters. The Kier molecular flexibility index (Phi) is 13.1. The summed E-state index contributed by atoms with van der Waals surface area (Å²) in [6.07, 6.45) is 24.1.